The Morgan fingerprint density at radius 1 is 0.568 bits per heavy atom. The van der Waals surface area contributed by atoms with Crippen LogP contribution in [0.2, 0.25) is 0 Å². The topological polar surface area (TPSA) is 270 Å². The van der Waals surface area contributed by atoms with Gasteiger partial charge in [0.05, 0.1) is 31.7 Å². The molecule has 1 fully saturated rings. The van der Waals surface area contributed by atoms with Gasteiger partial charge < -0.3 is 45.8 Å². The summed E-state index contributed by atoms with van der Waals surface area (Å²) in [7, 11) is 3.65. The number of rotatable bonds is 25. The van der Waals surface area contributed by atoms with E-state index in [0.717, 1.165) is 52.7 Å². The van der Waals surface area contributed by atoms with Crippen molar-refractivity contribution in [2.24, 2.45) is 17.6 Å². The molecule has 6 N–H and O–H groups in total. The molecule has 432 valence electrons. The highest BCUT2D eigenvalue weighted by atomic mass is 16.6. The maximum atomic E-state index is 12.4. The van der Waals surface area contributed by atoms with Crippen LogP contribution in [0.15, 0.2) is 146 Å². The number of anilines is 3. The number of carbonyl (C=O) groups is 5. The number of nitrogens with two attached hydrogens (primary N) is 2. The average molecular weight is 1110 g/mol. The first-order valence-corrected chi connectivity index (χ1v) is 27.3. The molecule has 6 aromatic rings. The molecule has 18 heteroatoms. The second-order valence-corrected chi connectivity index (χ2v) is 18.2. The summed E-state index contributed by atoms with van der Waals surface area (Å²) in [6.07, 6.45) is 11.7. The van der Waals surface area contributed by atoms with Crippen LogP contribution in [0, 0.1) is 23.4 Å². The molecule has 81 heavy (non-hydrogen) atoms. The summed E-state index contributed by atoms with van der Waals surface area (Å²) in [5.41, 5.74) is 16.6. The van der Waals surface area contributed by atoms with E-state index in [1.165, 1.54) is 19.1 Å². The molecule has 3 atom stereocenters. The van der Waals surface area contributed by atoms with Crippen LogP contribution in [0.25, 0.3) is 0 Å². The number of aryl methyl sites for hydroxylation is 2. The lowest BCUT2D eigenvalue weighted by Gasteiger charge is -2.15. The third-order valence-corrected chi connectivity index (χ3v) is 12.1. The van der Waals surface area contributed by atoms with Gasteiger partial charge in [0.1, 0.15) is 29.0 Å². The van der Waals surface area contributed by atoms with Crippen molar-refractivity contribution >= 4 is 46.9 Å². The van der Waals surface area contributed by atoms with Gasteiger partial charge in [0.2, 0.25) is 6.10 Å². The molecule has 4 heterocycles. The second kappa shape index (κ2) is 40.6. The Morgan fingerprint density at radius 3 is 1.35 bits per heavy atom. The van der Waals surface area contributed by atoms with E-state index >= 15 is 0 Å². The van der Waals surface area contributed by atoms with Crippen LogP contribution >= 0.6 is 0 Å². The van der Waals surface area contributed by atoms with Gasteiger partial charge in [-0.25, -0.2) is 19.7 Å². The molecular weight excluding hydrogens is 1030 g/mol. The Bertz CT molecular complexity index is 2700. The van der Waals surface area contributed by atoms with Crippen molar-refractivity contribution in [3.05, 3.63) is 179 Å². The van der Waals surface area contributed by atoms with E-state index in [0.29, 0.717) is 69.7 Å². The summed E-state index contributed by atoms with van der Waals surface area (Å²) in [5.74, 6) is 0.197. The Hall–Kier alpha value is -8.53. The van der Waals surface area contributed by atoms with Gasteiger partial charge >= 0.3 is 17.9 Å². The zero-order valence-corrected chi connectivity index (χ0v) is 47.4. The Kier molecular flexibility index (Phi) is 33.5. The Labute approximate surface area is 477 Å². The van der Waals surface area contributed by atoms with Gasteiger partial charge in [0.15, 0.2) is 0 Å². The van der Waals surface area contributed by atoms with Gasteiger partial charge in [-0.2, -0.15) is 5.26 Å². The number of carbonyl (C=O) groups excluding carboxylic acids is 5. The SMILES string of the molecule is C1CCOC1.CCOC(=O)C(OC#N)c1ccccc1.CCOC(=O)[C@@H](CC(=O)CCc1ccc(N)nc1)Cc1ccccc1.CCOC(=O)[C@@H](CC(=O)CCc1ccc(NC)nc1)Cc1ccccc1.CNc1ccc(CN)cn1. The van der Waals surface area contributed by atoms with Crippen LogP contribution in [0.5, 0.6) is 0 Å². The first kappa shape index (κ1) is 66.7. The molecule has 0 amide bonds. The average Bonchev–Trinajstić information content (AvgIpc) is 4.10. The Balaban J connectivity index is 0.000000288. The molecule has 1 unspecified atom stereocenters. The lowest BCUT2D eigenvalue weighted by Crippen LogP contribution is -2.23. The van der Waals surface area contributed by atoms with E-state index in [1.54, 1.807) is 69.7 Å². The largest absolute Gasteiger partial charge is 0.466 e. The van der Waals surface area contributed by atoms with Crippen molar-refractivity contribution in [1.82, 2.24) is 15.0 Å². The van der Waals surface area contributed by atoms with Crippen LogP contribution in [0.1, 0.15) is 98.8 Å². The molecular formula is C63H80N8O10. The highest BCUT2D eigenvalue weighted by Crippen LogP contribution is 2.20. The molecule has 3 aromatic heterocycles. The predicted octanol–water partition coefficient (Wildman–Crippen LogP) is 9.58. The monoisotopic (exact) mass is 1110 g/mol. The molecule has 1 aliphatic heterocycles. The van der Waals surface area contributed by atoms with Crippen LogP contribution in [0.3, 0.4) is 0 Å². The Morgan fingerprint density at radius 2 is 0.988 bits per heavy atom. The smallest absolute Gasteiger partial charge is 0.353 e. The number of esters is 3. The lowest BCUT2D eigenvalue weighted by molar-refractivity contribution is -0.153. The van der Waals surface area contributed by atoms with E-state index in [-0.39, 0.29) is 43.0 Å². The van der Waals surface area contributed by atoms with E-state index in [2.05, 4.69) is 30.3 Å². The molecule has 0 radical (unpaired) electrons. The van der Waals surface area contributed by atoms with Gasteiger partial charge in [0.25, 0.3) is 6.26 Å². The van der Waals surface area contributed by atoms with Gasteiger partial charge in [-0.05, 0) is 105 Å². The molecule has 3 aromatic carbocycles. The number of ether oxygens (including phenoxy) is 5. The highest BCUT2D eigenvalue weighted by molar-refractivity contribution is 5.85. The lowest BCUT2D eigenvalue weighted by atomic mass is 9.92. The normalized spacial score (nSPS) is 12.1. The molecule has 0 saturated carbocycles. The maximum Gasteiger partial charge on any atom is 0.353 e. The first-order valence-electron chi connectivity index (χ1n) is 27.3. The number of benzene rings is 3. The fourth-order valence-electron chi connectivity index (χ4n) is 7.77. The first-order chi connectivity index (χ1) is 39.4. The molecule has 0 bridgehead atoms. The molecule has 0 spiro atoms. The third kappa shape index (κ3) is 28.3. The predicted molar refractivity (Wildman–Crippen MR) is 313 cm³/mol. The number of hydrogen-bond donors (Lipinski definition) is 4. The minimum Gasteiger partial charge on any atom is -0.466 e. The second-order valence-electron chi connectivity index (χ2n) is 18.2. The summed E-state index contributed by atoms with van der Waals surface area (Å²) < 4.78 is 24.7. The van der Waals surface area contributed by atoms with Crippen LogP contribution in [0.4, 0.5) is 17.5 Å². The number of ketones is 2. The summed E-state index contributed by atoms with van der Waals surface area (Å²) in [6.45, 7) is 8.70. The third-order valence-electron chi connectivity index (χ3n) is 12.1. The molecule has 18 nitrogen and oxygen atoms in total. The van der Waals surface area contributed by atoms with E-state index < -0.39 is 23.9 Å². The fraction of sp³-hybridized carbons (Fsp3) is 0.381. The molecule has 1 saturated heterocycles. The van der Waals surface area contributed by atoms with Gasteiger partial charge in [-0.3, -0.25) is 19.2 Å². The number of nitriles is 1. The number of hydrogen-bond acceptors (Lipinski definition) is 18. The maximum absolute atomic E-state index is 12.4. The fourth-order valence-corrected chi connectivity index (χ4v) is 7.77. The number of Topliss-reactive ketones (excluding diaryl/α,β-unsaturated/α-hetero) is 2. The zero-order chi connectivity index (χ0) is 58.9. The van der Waals surface area contributed by atoms with E-state index in [9.17, 15) is 24.0 Å². The van der Waals surface area contributed by atoms with Crippen molar-refractivity contribution in [1.29, 1.82) is 5.26 Å². The van der Waals surface area contributed by atoms with E-state index in [1.807, 2.05) is 111 Å². The van der Waals surface area contributed by atoms with Crippen molar-refractivity contribution in [2.45, 2.75) is 97.6 Å². The van der Waals surface area contributed by atoms with Gasteiger partial charge in [-0.15, -0.1) is 0 Å². The minimum atomic E-state index is -0.962. The van der Waals surface area contributed by atoms with Crippen LogP contribution < -0.4 is 22.1 Å². The van der Waals surface area contributed by atoms with Crippen LogP contribution in [-0.4, -0.2) is 91.6 Å². The van der Waals surface area contributed by atoms with Crippen LogP contribution in [-0.2, 0) is 79.9 Å². The number of pyridine rings is 3. The van der Waals surface area contributed by atoms with Crippen molar-refractivity contribution in [3.8, 4) is 6.26 Å². The molecule has 7 rings (SSSR count). The zero-order valence-electron chi connectivity index (χ0n) is 47.4. The summed E-state index contributed by atoms with van der Waals surface area (Å²) in [4.78, 5) is 73.0. The minimum absolute atomic E-state index is 0.0470. The van der Waals surface area contributed by atoms with Crippen molar-refractivity contribution in [2.75, 3.05) is 63.5 Å². The highest BCUT2D eigenvalue weighted by Gasteiger charge is 2.26. The molecule has 1 aliphatic rings. The molecule has 0 aliphatic carbocycles. The van der Waals surface area contributed by atoms with Crippen molar-refractivity contribution < 1.29 is 47.7 Å². The van der Waals surface area contributed by atoms with Gasteiger partial charge in [0, 0.05) is 83.7 Å². The summed E-state index contributed by atoms with van der Waals surface area (Å²) in [5, 5.41) is 14.3. The number of nitrogen functional groups attached to an aromatic ring is 1. The van der Waals surface area contributed by atoms with Crippen molar-refractivity contribution in [3.63, 3.8) is 0 Å². The van der Waals surface area contributed by atoms with Gasteiger partial charge in [-0.1, -0.05) is 109 Å². The summed E-state index contributed by atoms with van der Waals surface area (Å²) in [6, 6.07) is 39.5. The number of nitrogens with zero attached hydrogens (tertiary/aromatic N) is 4. The standard InChI is InChI=1S/C21H26N2O3.C20H24N2O3.C11H11NO3.C7H11N3.C4H8O/c1-3-26-21(25)18(13-16-7-5-4-6-8-16)14-19(24)11-9-17-10-12-20(22-2)23-15-17;1-2-25-20(24)17(12-15-6-4-3-5-7-15)13-18(23)10-8-16-9-11-19(21)22-14-16;1-2-14-11(13)10(15-8-12)9-6-4-3-5-7-9;1-9-7-3-2-6(4-8)5-10-7;1-2-4-5-3-1/h4-8,10,12,15,18H,3,9,11,13-14H2,1-2H3,(H,22,23);3-7,9,11,14,17H,2,8,10,12-13H2,1H3,(H2,21,22);3-7,10H,2H2,1H3;2-3,5H,4,8H2,1H3,(H,9,10);1-4H2/t18-;17-;;;/m11.../s1. The summed E-state index contributed by atoms with van der Waals surface area (Å²) >= 11 is 0. The number of nitrogens with one attached hydrogen (secondary N) is 2. The number of aromatic nitrogens is 3. The quantitative estimate of drug-likeness (QED) is 0.0236. The van der Waals surface area contributed by atoms with E-state index in [4.69, 9.17) is 35.7 Å².